The van der Waals surface area contributed by atoms with E-state index in [9.17, 15) is 4.79 Å². The summed E-state index contributed by atoms with van der Waals surface area (Å²) in [4.78, 5) is 12.2. The standard InChI is InChI=1S/C17H28O7/c1-6-7-8-11(18)21-13-12-14(23-16(4,5)22-12)24-17(13)9-19-15(2,3)20-10-17/h12-14H,6-10H2,1-5H3. The number of ether oxygens (including phenoxy) is 6. The van der Waals surface area contributed by atoms with E-state index in [1.165, 1.54) is 0 Å². The molecule has 1 spiro atoms. The predicted molar refractivity (Wildman–Crippen MR) is 83.0 cm³/mol. The molecule has 3 aliphatic rings. The molecule has 0 aromatic rings. The van der Waals surface area contributed by atoms with Crippen LogP contribution in [0.5, 0.6) is 0 Å². The lowest BCUT2D eigenvalue weighted by molar-refractivity contribution is -0.338. The molecule has 0 amide bonds. The molecule has 0 bridgehead atoms. The fraction of sp³-hybridized carbons (Fsp3) is 0.941. The van der Waals surface area contributed by atoms with Gasteiger partial charge >= 0.3 is 5.97 Å². The normalized spacial score (nSPS) is 35.8. The van der Waals surface area contributed by atoms with Crippen molar-refractivity contribution in [2.24, 2.45) is 0 Å². The summed E-state index contributed by atoms with van der Waals surface area (Å²) in [6.45, 7) is 9.85. The van der Waals surface area contributed by atoms with Gasteiger partial charge in [0.05, 0.1) is 13.2 Å². The first kappa shape index (κ1) is 18.1. The minimum Gasteiger partial charge on any atom is -0.456 e. The van der Waals surface area contributed by atoms with Crippen molar-refractivity contribution in [1.29, 1.82) is 0 Å². The van der Waals surface area contributed by atoms with Gasteiger partial charge in [0, 0.05) is 6.42 Å². The van der Waals surface area contributed by atoms with E-state index in [1.807, 2.05) is 34.6 Å². The molecule has 3 atom stereocenters. The monoisotopic (exact) mass is 344 g/mol. The number of fused-ring (bicyclic) bond motifs is 1. The van der Waals surface area contributed by atoms with Crippen LogP contribution in [0.1, 0.15) is 53.9 Å². The maximum atomic E-state index is 12.2. The van der Waals surface area contributed by atoms with Gasteiger partial charge in [0.2, 0.25) is 0 Å². The van der Waals surface area contributed by atoms with E-state index in [0.29, 0.717) is 6.42 Å². The summed E-state index contributed by atoms with van der Waals surface area (Å²) >= 11 is 0. The molecule has 3 heterocycles. The number of esters is 1. The molecule has 3 saturated heterocycles. The van der Waals surface area contributed by atoms with Crippen LogP contribution in [-0.2, 0) is 33.2 Å². The van der Waals surface area contributed by atoms with Crippen molar-refractivity contribution in [1.82, 2.24) is 0 Å². The van der Waals surface area contributed by atoms with Crippen LogP contribution in [0.2, 0.25) is 0 Å². The van der Waals surface area contributed by atoms with Gasteiger partial charge < -0.3 is 28.4 Å². The second-order valence-electron chi connectivity index (χ2n) is 7.64. The number of carbonyl (C=O) groups excluding carboxylic acids is 1. The van der Waals surface area contributed by atoms with Gasteiger partial charge in [-0.05, 0) is 34.1 Å². The maximum Gasteiger partial charge on any atom is 0.306 e. The van der Waals surface area contributed by atoms with Crippen LogP contribution >= 0.6 is 0 Å². The average molecular weight is 344 g/mol. The Morgan fingerprint density at radius 2 is 1.71 bits per heavy atom. The smallest absolute Gasteiger partial charge is 0.306 e. The number of carbonyl (C=O) groups is 1. The summed E-state index contributed by atoms with van der Waals surface area (Å²) in [5, 5.41) is 0. The summed E-state index contributed by atoms with van der Waals surface area (Å²) in [5.74, 6) is -1.73. The zero-order valence-corrected chi connectivity index (χ0v) is 15.1. The van der Waals surface area contributed by atoms with Gasteiger partial charge in [0.1, 0.15) is 0 Å². The average Bonchev–Trinajstić information content (AvgIpc) is 2.91. The van der Waals surface area contributed by atoms with Gasteiger partial charge in [-0.25, -0.2) is 0 Å². The molecule has 0 aromatic carbocycles. The van der Waals surface area contributed by atoms with E-state index in [0.717, 1.165) is 12.8 Å². The Balaban J connectivity index is 1.77. The van der Waals surface area contributed by atoms with E-state index in [2.05, 4.69) is 0 Å². The first-order chi connectivity index (χ1) is 11.2. The Labute approximate surface area is 142 Å². The highest BCUT2D eigenvalue weighted by Crippen LogP contribution is 2.46. The minimum absolute atomic E-state index is 0.256. The molecule has 3 aliphatic heterocycles. The highest BCUT2D eigenvalue weighted by Gasteiger charge is 2.65. The summed E-state index contributed by atoms with van der Waals surface area (Å²) in [5.41, 5.74) is -0.900. The van der Waals surface area contributed by atoms with Crippen LogP contribution in [-0.4, -0.2) is 54.9 Å². The summed E-state index contributed by atoms with van der Waals surface area (Å²) in [6, 6.07) is 0. The van der Waals surface area contributed by atoms with E-state index >= 15 is 0 Å². The summed E-state index contributed by atoms with van der Waals surface area (Å²) < 4.78 is 35.1. The molecule has 0 aliphatic carbocycles. The topological polar surface area (TPSA) is 72.5 Å². The highest BCUT2D eigenvalue weighted by atomic mass is 16.9. The lowest BCUT2D eigenvalue weighted by atomic mass is 9.95. The van der Waals surface area contributed by atoms with E-state index in [4.69, 9.17) is 28.4 Å². The molecule has 3 rings (SSSR count). The van der Waals surface area contributed by atoms with E-state index in [-0.39, 0.29) is 19.2 Å². The van der Waals surface area contributed by atoms with Crippen molar-refractivity contribution in [2.75, 3.05) is 13.2 Å². The summed E-state index contributed by atoms with van der Waals surface area (Å²) in [7, 11) is 0. The third-order valence-corrected chi connectivity index (χ3v) is 4.58. The maximum absolute atomic E-state index is 12.2. The number of hydrogen-bond donors (Lipinski definition) is 0. The van der Waals surface area contributed by atoms with Crippen molar-refractivity contribution in [3.63, 3.8) is 0 Å². The number of unbranched alkanes of at least 4 members (excludes halogenated alkanes) is 1. The lowest BCUT2D eigenvalue weighted by Gasteiger charge is -2.43. The quantitative estimate of drug-likeness (QED) is 0.723. The van der Waals surface area contributed by atoms with Crippen LogP contribution in [0, 0.1) is 0 Å². The van der Waals surface area contributed by atoms with Crippen molar-refractivity contribution >= 4 is 5.97 Å². The fourth-order valence-electron chi connectivity index (χ4n) is 3.25. The van der Waals surface area contributed by atoms with E-state index in [1.54, 1.807) is 0 Å². The molecule has 0 saturated carbocycles. The molecular weight excluding hydrogens is 316 g/mol. The Kier molecular flexibility index (Phi) is 4.68. The third kappa shape index (κ3) is 3.46. The van der Waals surface area contributed by atoms with Crippen LogP contribution in [0.15, 0.2) is 0 Å². The lowest BCUT2D eigenvalue weighted by Crippen LogP contribution is -2.59. The second-order valence-corrected chi connectivity index (χ2v) is 7.64. The van der Waals surface area contributed by atoms with Crippen LogP contribution in [0.3, 0.4) is 0 Å². The molecular formula is C17H28O7. The van der Waals surface area contributed by atoms with Crippen LogP contribution < -0.4 is 0 Å². The van der Waals surface area contributed by atoms with Gasteiger partial charge in [-0.1, -0.05) is 13.3 Å². The van der Waals surface area contributed by atoms with Crippen LogP contribution in [0.25, 0.3) is 0 Å². The molecule has 7 heteroatoms. The first-order valence-corrected chi connectivity index (χ1v) is 8.67. The Morgan fingerprint density at radius 1 is 1.04 bits per heavy atom. The van der Waals surface area contributed by atoms with E-state index < -0.39 is 35.7 Å². The Hall–Kier alpha value is -0.730. The van der Waals surface area contributed by atoms with Crippen molar-refractivity contribution in [2.45, 2.75) is 89.6 Å². The molecule has 3 unspecified atom stereocenters. The van der Waals surface area contributed by atoms with Gasteiger partial charge in [0.25, 0.3) is 0 Å². The SMILES string of the molecule is CCCCC(=O)OC1C2OC(C)(C)OC2OC12COC(C)(C)OC2. The predicted octanol–water partition coefficient (Wildman–Crippen LogP) is 2.12. The molecule has 0 N–H and O–H groups in total. The van der Waals surface area contributed by atoms with Gasteiger partial charge in [-0.2, -0.15) is 0 Å². The first-order valence-electron chi connectivity index (χ1n) is 8.67. The molecule has 0 aromatic heterocycles. The minimum atomic E-state index is -0.900. The molecule has 138 valence electrons. The Bertz CT molecular complexity index is 477. The van der Waals surface area contributed by atoms with Crippen molar-refractivity contribution in [3.05, 3.63) is 0 Å². The number of hydrogen-bond acceptors (Lipinski definition) is 7. The molecule has 3 fully saturated rings. The van der Waals surface area contributed by atoms with Gasteiger partial charge in [-0.15, -0.1) is 0 Å². The second kappa shape index (κ2) is 6.21. The molecule has 7 nitrogen and oxygen atoms in total. The van der Waals surface area contributed by atoms with Gasteiger partial charge in [0.15, 0.2) is 35.7 Å². The van der Waals surface area contributed by atoms with Crippen LogP contribution in [0.4, 0.5) is 0 Å². The zero-order valence-electron chi connectivity index (χ0n) is 15.1. The zero-order chi connectivity index (χ0) is 17.6. The third-order valence-electron chi connectivity index (χ3n) is 4.58. The largest absolute Gasteiger partial charge is 0.456 e. The fourth-order valence-corrected chi connectivity index (χ4v) is 3.25. The molecule has 24 heavy (non-hydrogen) atoms. The Morgan fingerprint density at radius 3 is 2.33 bits per heavy atom. The number of rotatable bonds is 4. The highest BCUT2D eigenvalue weighted by molar-refractivity contribution is 5.69. The van der Waals surface area contributed by atoms with Crippen molar-refractivity contribution < 1.29 is 33.2 Å². The summed E-state index contributed by atoms with van der Waals surface area (Å²) in [6.07, 6.45) is 0.385. The van der Waals surface area contributed by atoms with Gasteiger partial charge in [-0.3, -0.25) is 4.79 Å². The molecule has 0 radical (unpaired) electrons. The van der Waals surface area contributed by atoms with Crippen molar-refractivity contribution in [3.8, 4) is 0 Å².